The molecule has 0 heterocycles. The largest absolute Gasteiger partial charge is 0.481 e. The van der Waals surface area contributed by atoms with Crippen molar-refractivity contribution in [3.05, 3.63) is 0 Å². The number of carboxylic acids is 1. The van der Waals surface area contributed by atoms with Gasteiger partial charge in [0, 0.05) is 19.4 Å². The lowest BCUT2D eigenvalue weighted by atomic mass is 10.1. The van der Waals surface area contributed by atoms with E-state index >= 15 is 0 Å². The molecule has 0 amide bonds. The maximum atomic E-state index is 10.5. The van der Waals surface area contributed by atoms with Gasteiger partial charge >= 0.3 is 5.97 Å². The second-order valence-corrected chi connectivity index (χ2v) is 6.41. The van der Waals surface area contributed by atoms with Crippen molar-refractivity contribution >= 4 is 5.97 Å². The summed E-state index contributed by atoms with van der Waals surface area (Å²) in [6, 6.07) is 0. The van der Waals surface area contributed by atoms with Gasteiger partial charge in [0.1, 0.15) is 0 Å². The first kappa shape index (κ1) is 23.9. The summed E-state index contributed by atoms with van der Waals surface area (Å²) < 4.78 is 10.9. The number of hydrogen-bond donors (Lipinski definition) is 1. The maximum absolute atomic E-state index is 10.5. The number of carboxylic acid groups (broad SMARTS) is 1. The van der Waals surface area contributed by atoms with E-state index < -0.39 is 12.3 Å². The molecule has 146 valence electrons. The van der Waals surface area contributed by atoms with Crippen molar-refractivity contribution in [2.45, 2.75) is 104 Å². The summed E-state index contributed by atoms with van der Waals surface area (Å²) in [5, 5.41) is 8.59. The van der Waals surface area contributed by atoms with Crippen molar-refractivity contribution < 1.29 is 19.4 Å². The van der Waals surface area contributed by atoms with Crippen LogP contribution in [0.2, 0.25) is 0 Å². The lowest BCUT2D eigenvalue weighted by Crippen LogP contribution is -2.16. The van der Waals surface area contributed by atoms with Crippen LogP contribution in [-0.4, -0.2) is 30.6 Å². The molecule has 0 saturated heterocycles. The molecular formula is C21H38O4. The first-order valence-electron chi connectivity index (χ1n) is 10.1. The molecule has 0 aliphatic rings. The highest BCUT2D eigenvalue weighted by Gasteiger charge is 2.04. The van der Waals surface area contributed by atoms with Gasteiger partial charge in [-0.1, -0.05) is 70.6 Å². The molecule has 0 aromatic rings. The number of unbranched alkanes of at least 4 members (excludes halogenated alkanes) is 10. The zero-order chi connectivity index (χ0) is 18.6. The van der Waals surface area contributed by atoms with Crippen LogP contribution in [0.25, 0.3) is 0 Å². The van der Waals surface area contributed by atoms with Crippen molar-refractivity contribution in [1.29, 1.82) is 0 Å². The van der Waals surface area contributed by atoms with Gasteiger partial charge in [-0.25, -0.2) is 0 Å². The molecule has 0 saturated carbocycles. The minimum absolute atomic E-state index is 0.116. The molecule has 0 bridgehead atoms. The fraction of sp³-hybridized carbons (Fsp3) is 0.857. The van der Waals surface area contributed by atoms with Gasteiger partial charge in [0.05, 0.1) is 6.61 Å². The first-order chi connectivity index (χ1) is 12.2. The van der Waals surface area contributed by atoms with Crippen LogP contribution in [-0.2, 0) is 14.3 Å². The van der Waals surface area contributed by atoms with E-state index in [9.17, 15) is 4.79 Å². The smallest absolute Gasteiger partial charge is 0.303 e. The first-order valence-corrected chi connectivity index (χ1v) is 10.1. The lowest BCUT2D eigenvalue weighted by Gasteiger charge is -2.11. The Labute approximate surface area is 154 Å². The normalized spacial score (nSPS) is 11.8. The van der Waals surface area contributed by atoms with Crippen molar-refractivity contribution in [2.24, 2.45) is 0 Å². The van der Waals surface area contributed by atoms with E-state index in [2.05, 4.69) is 18.8 Å². The zero-order valence-electron chi connectivity index (χ0n) is 16.4. The summed E-state index contributed by atoms with van der Waals surface area (Å²) in [7, 11) is 0. The molecule has 0 aliphatic heterocycles. The third-order valence-electron chi connectivity index (χ3n) is 4.00. The average Bonchev–Trinajstić information content (AvgIpc) is 2.59. The molecule has 0 spiro atoms. The summed E-state index contributed by atoms with van der Waals surface area (Å²) in [4.78, 5) is 10.5. The van der Waals surface area contributed by atoms with Gasteiger partial charge in [-0.15, -0.1) is 0 Å². The van der Waals surface area contributed by atoms with Crippen molar-refractivity contribution in [3.63, 3.8) is 0 Å². The number of hydrogen-bond acceptors (Lipinski definition) is 3. The topological polar surface area (TPSA) is 55.8 Å². The molecule has 4 heteroatoms. The molecule has 1 atom stereocenters. The number of carbonyl (C=O) groups is 1. The molecule has 25 heavy (non-hydrogen) atoms. The van der Waals surface area contributed by atoms with E-state index in [0.29, 0.717) is 19.6 Å². The minimum Gasteiger partial charge on any atom is -0.481 e. The Morgan fingerprint density at radius 2 is 1.48 bits per heavy atom. The molecular weight excluding hydrogens is 316 g/mol. The summed E-state index contributed by atoms with van der Waals surface area (Å²) >= 11 is 0. The second-order valence-electron chi connectivity index (χ2n) is 6.41. The fourth-order valence-electron chi connectivity index (χ4n) is 2.55. The van der Waals surface area contributed by atoms with E-state index in [1.54, 1.807) is 0 Å². The summed E-state index contributed by atoms with van der Waals surface area (Å²) in [5.41, 5.74) is 0. The third-order valence-corrected chi connectivity index (χ3v) is 4.00. The number of rotatable bonds is 17. The van der Waals surface area contributed by atoms with Crippen LogP contribution in [0, 0.1) is 11.8 Å². The molecule has 0 fully saturated rings. The van der Waals surface area contributed by atoms with Crippen LogP contribution in [0.4, 0.5) is 0 Å². The Kier molecular flexibility index (Phi) is 18.5. The van der Waals surface area contributed by atoms with Crippen LogP contribution in [0.5, 0.6) is 0 Å². The number of ether oxygens (including phenoxy) is 2. The van der Waals surface area contributed by atoms with E-state index in [0.717, 1.165) is 12.8 Å². The van der Waals surface area contributed by atoms with Crippen molar-refractivity contribution in [1.82, 2.24) is 0 Å². The van der Waals surface area contributed by atoms with Crippen molar-refractivity contribution in [2.75, 3.05) is 13.2 Å². The van der Waals surface area contributed by atoms with Crippen LogP contribution in [0.1, 0.15) is 97.3 Å². The van der Waals surface area contributed by atoms with Crippen LogP contribution < -0.4 is 0 Å². The summed E-state index contributed by atoms with van der Waals surface area (Å²) in [6.45, 7) is 5.06. The predicted octanol–water partition coefficient (Wildman–Crippen LogP) is 5.54. The van der Waals surface area contributed by atoms with Gasteiger partial charge in [-0.2, -0.15) is 0 Å². The van der Waals surface area contributed by atoms with Gasteiger partial charge in [-0.05, 0) is 25.7 Å². The monoisotopic (exact) mass is 354 g/mol. The van der Waals surface area contributed by atoms with Crippen LogP contribution >= 0.6 is 0 Å². The lowest BCUT2D eigenvalue weighted by molar-refractivity contribution is -0.138. The molecule has 0 aromatic carbocycles. The Hall–Kier alpha value is -1.05. The van der Waals surface area contributed by atoms with Gasteiger partial charge in [-0.3, -0.25) is 4.79 Å². The highest BCUT2D eigenvalue weighted by atomic mass is 16.7. The molecule has 0 aromatic heterocycles. The van der Waals surface area contributed by atoms with E-state index in [1.807, 2.05) is 6.92 Å². The zero-order valence-corrected chi connectivity index (χ0v) is 16.4. The van der Waals surface area contributed by atoms with E-state index in [4.69, 9.17) is 14.6 Å². The van der Waals surface area contributed by atoms with E-state index in [1.165, 1.54) is 57.8 Å². The Balaban J connectivity index is 3.57. The van der Waals surface area contributed by atoms with E-state index in [-0.39, 0.29) is 6.42 Å². The second kappa shape index (κ2) is 19.3. The SMILES string of the molecule is CCCCCCCCCCCCC#CC(OCC)OCCCC(=O)O. The van der Waals surface area contributed by atoms with Gasteiger partial charge < -0.3 is 14.6 Å². The molecule has 1 unspecified atom stereocenters. The molecule has 4 nitrogen and oxygen atoms in total. The molecule has 1 N–H and O–H groups in total. The number of aliphatic carboxylic acids is 1. The highest BCUT2D eigenvalue weighted by molar-refractivity contribution is 5.66. The van der Waals surface area contributed by atoms with Gasteiger partial charge in [0.2, 0.25) is 6.29 Å². The molecule has 0 aliphatic carbocycles. The quantitative estimate of drug-likeness (QED) is 0.211. The Morgan fingerprint density at radius 3 is 2.04 bits per heavy atom. The maximum Gasteiger partial charge on any atom is 0.303 e. The summed E-state index contributed by atoms with van der Waals surface area (Å²) in [5.74, 6) is 5.32. The minimum atomic E-state index is -0.802. The van der Waals surface area contributed by atoms with Crippen LogP contribution in [0.3, 0.4) is 0 Å². The summed E-state index contributed by atoms with van der Waals surface area (Å²) in [6.07, 6.45) is 14.2. The third kappa shape index (κ3) is 19.1. The van der Waals surface area contributed by atoms with Crippen molar-refractivity contribution in [3.8, 4) is 11.8 Å². The van der Waals surface area contributed by atoms with Crippen LogP contribution in [0.15, 0.2) is 0 Å². The fourth-order valence-corrected chi connectivity index (χ4v) is 2.55. The Bertz CT molecular complexity index is 357. The highest BCUT2D eigenvalue weighted by Crippen LogP contribution is 2.11. The van der Waals surface area contributed by atoms with Gasteiger partial charge in [0.15, 0.2) is 0 Å². The molecule has 0 rings (SSSR count). The predicted molar refractivity (Wildman–Crippen MR) is 102 cm³/mol. The Morgan fingerprint density at radius 1 is 0.880 bits per heavy atom. The molecule has 0 radical (unpaired) electrons. The van der Waals surface area contributed by atoms with Gasteiger partial charge in [0.25, 0.3) is 0 Å². The standard InChI is InChI=1S/C21H38O4/c1-3-5-6-7-8-9-10-11-12-13-14-15-18-21(24-4-2)25-19-16-17-20(22)23/h21H,3-14,16-17,19H2,1-2H3,(H,22,23). The average molecular weight is 355 g/mol.